The first-order valence-electron chi connectivity index (χ1n) is 20.8. The van der Waals surface area contributed by atoms with Gasteiger partial charge in [0.25, 0.3) is 10.1 Å². The molecule has 0 aromatic carbocycles. The first-order valence-corrected chi connectivity index (χ1v) is 25.5. The zero-order chi connectivity index (χ0) is 40.6. The molecule has 0 aromatic heterocycles. The molecule has 0 saturated heterocycles. The van der Waals surface area contributed by atoms with Gasteiger partial charge in [0.2, 0.25) is 0 Å². The van der Waals surface area contributed by atoms with Gasteiger partial charge in [-0.2, -0.15) is 8.42 Å². The van der Waals surface area contributed by atoms with Gasteiger partial charge >= 0.3 is 23.7 Å². The van der Waals surface area contributed by atoms with E-state index in [1.54, 1.807) is 13.8 Å². The van der Waals surface area contributed by atoms with Crippen molar-refractivity contribution < 1.29 is 59.3 Å². The SMILES string of the molecule is CC(C)O.CCCCCCCCCCCCS(=O)(=O)O.CCCCCCCCCCCCS(=O)[O-].CCCCCCCCCCCCS(=O)[O-].[O]=[Ti+2]. The summed E-state index contributed by atoms with van der Waals surface area (Å²) in [7, 11) is -3.73. The monoisotopic (exact) mass is 840 g/mol. The van der Waals surface area contributed by atoms with E-state index in [4.69, 9.17) is 13.0 Å². The van der Waals surface area contributed by atoms with Crippen LogP contribution < -0.4 is 0 Å². The number of unbranched alkanes of at least 4 members (excludes halogenated alkanes) is 27. The molecule has 0 aliphatic rings. The predicted octanol–water partition coefficient (Wildman–Crippen LogP) is 11.6. The van der Waals surface area contributed by atoms with Gasteiger partial charge in [-0.05, 0) is 33.1 Å². The molecule has 13 heteroatoms. The van der Waals surface area contributed by atoms with Crippen LogP contribution in [0.5, 0.6) is 0 Å². The maximum absolute atomic E-state index is 10.4. The second-order valence-corrected chi connectivity index (χ2v) is 17.5. The van der Waals surface area contributed by atoms with E-state index < -0.39 is 32.3 Å². The molecule has 0 bridgehead atoms. The van der Waals surface area contributed by atoms with Crippen LogP contribution in [0, 0.1) is 0 Å². The van der Waals surface area contributed by atoms with E-state index in [1.165, 1.54) is 148 Å². The van der Waals surface area contributed by atoms with Crippen LogP contribution in [0.4, 0.5) is 0 Å². The van der Waals surface area contributed by atoms with Crippen molar-refractivity contribution in [3.05, 3.63) is 0 Å². The Kier molecular flexibility index (Phi) is 66.5. The number of aliphatic hydroxyl groups is 1. The summed E-state index contributed by atoms with van der Waals surface area (Å²) < 4.78 is 78.5. The van der Waals surface area contributed by atoms with Crippen molar-refractivity contribution in [2.45, 2.75) is 233 Å². The molecule has 0 spiro atoms. The third-order valence-electron chi connectivity index (χ3n) is 8.08. The molecule has 52 heavy (non-hydrogen) atoms. The Bertz CT molecular complexity index is 752. The molecule has 0 aromatic rings. The zero-order valence-electron chi connectivity index (χ0n) is 34.4. The van der Waals surface area contributed by atoms with Gasteiger partial charge in [-0.25, -0.2) is 0 Å². The van der Waals surface area contributed by atoms with Crippen molar-refractivity contribution >= 4 is 32.3 Å². The van der Waals surface area contributed by atoms with Crippen LogP contribution in [0.25, 0.3) is 0 Å². The molecule has 0 fully saturated rings. The number of hydrogen-bond donors (Lipinski definition) is 2. The second-order valence-electron chi connectivity index (χ2n) is 13.9. The summed E-state index contributed by atoms with van der Waals surface area (Å²) in [6, 6.07) is 0. The molecule has 0 rings (SSSR count). The number of hydrogen-bond acceptors (Lipinski definition) is 8. The van der Waals surface area contributed by atoms with E-state index in [0.717, 1.165) is 58.9 Å². The maximum atomic E-state index is 10.4. The number of rotatable bonds is 33. The molecule has 0 aliphatic carbocycles. The van der Waals surface area contributed by atoms with Crippen molar-refractivity contribution in [3.8, 4) is 0 Å². The van der Waals surface area contributed by atoms with Gasteiger partial charge in [-0.1, -0.05) is 216 Å². The topological polar surface area (TPSA) is 172 Å². The molecule has 0 amide bonds. The van der Waals surface area contributed by atoms with Crippen LogP contribution >= 0.6 is 0 Å². The Balaban J connectivity index is -0.000000197. The Morgan fingerprint density at radius 3 is 0.808 bits per heavy atom. The second kappa shape index (κ2) is 55.9. The fourth-order valence-corrected chi connectivity index (χ4v) is 6.64. The summed E-state index contributed by atoms with van der Waals surface area (Å²) in [5.74, 6) is 0.608. The van der Waals surface area contributed by atoms with Crippen molar-refractivity contribution in [2.24, 2.45) is 0 Å². The van der Waals surface area contributed by atoms with E-state index in [-0.39, 0.29) is 11.9 Å². The van der Waals surface area contributed by atoms with Crippen LogP contribution in [0.1, 0.15) is 227 Å². The van der Waals surface area contributed by atoms with Crippen LogP contribution in [0.3, 0.4) is 0 Å². The normalized spacial score (nSPS) is 11.9. The molecule has 2 atom stereocenters. The van der Waals surface area contributed by atoms with Gasteiger partial charge in [-0.3, -0.25) is 13.0 Å². The predicted molar refractivity (Wildman–Crippen MR) is 218 cm³/mol. The third-order valence-corrected chi connectivity index (χ3v) is 10.1. The molecule has 0 heterocycles. The molecule has 9 nitrogen and oxygen atoms in total. The van der Waals surface area contributed by atoms with Gasteiger partial charge in [0.1, 0.15) is 0 Å². The van der Waals surface area contributed by atoms with Crippen molar-refractivity contribution in [3.63, 3.8) is 0 Å². The summed E-state index contributed by atoms with van der Waals surface area (Å²) >= 11 is -2.91. The molecule has 0 aliphatic heterocycles. The van der Waals surface area contributed by atoms with Gasteiger partial charge in [0, 0.05) is 17.6 Å². The Morgan fingerprint density at radius 1 is 0.462 bits per heavy atom. The summed E-state index contributed by atoms with van der Waals surface area (Å²) in [6.07, 6.45) is 36.5. The molecule has 2 N–H and O–H groups in total. The molecule has 316 valence electrons. The summed E-state index contributed by atoms with van der Waals surface area (Å²) in [6.45, 7) is 10.1. The minimum atomic E-state index is -3.73. The molecule has 0 saturated carbocycles. The van der Waals surface area contributed by atoms with Crippen molar-refractivity contribution in [2.75, 3.05) is 17.3 Å². The first kappa shape index (κ1) is 61.8. The van der Waals surface area contributed by atoms with Crippen LogP contribution in [0.2, 0.25) is 0 Å². The fourth-order valence-electron chi connectivity index (χ4n) is 5.19. The average Bonchev–Trinajstić information content (AvgIpc) is 3.08. The van der Waals surface area contributed by atoms with Crippen LogP contribution in [-0.2, 0) is 56.0 Å². The average molecular weight is 841 g/mol. The van der Waals surface area contributed by atoms with Gasteiger partial charge in [0.05, 0.1) is 5.75 Å². The minimum absolute atomic E-state index is 0.0799. The third kappa shape index (κ3) is 88.1. The standard InChI is InChI=1S/C12H26O3S.2C12H26O2S.C3H8O.O.Ti/c1-2-3-4-5-6-7-8-9-10-11-12-16(13,14)15;2*1-2-3-4-5-6-7-8-9-10-11-12-15(13)14;1-3(2)4;;/h2-12H2,1H3,(H,13,14,15);2*2-12H2,1H3,(H,13,14);3-4H,1-2H3;;/q;;;;;+2/p-2. The zero-order valence-corrected chi connectivity index (χ0v) is 38.4. The van der Waals surface area contributed by atoms with E-state index in [1.807, 2.05) is 0 Å². The van der Waals surface area contributed by atoms with E-state index >= 15 is 0 Å². The Labute approximate surface area is 340 Å². The quantitative estimate of drug-likeness (QED) is 0.0282. The van der Waals surface area contributed by atoms with E-state index in [0.29, 0.717) is 17.9 Å². The number of aliphatic hydroxyl groups excluding tert-OH is 1. The van der Waals surface area contributed by atoms with Gasteiger partial charge < -0.3 is 14.2 Å². The van der Waals surface area contributed by atoms with Crippen LogP contribution in [0.15, 0.2) is 0 Å². The fraction of sp³-hybridized carbons (Fsp3) is 1.00. The first-order chi connectivity index (χ1) is 24.8. The van der Waals surface area contributed by atoms with E-state index in [9.17, 15) is 25.9 Å². The van der Waals surface area contributed by atoms with Crippen LogP contribution in [-0.4, -0.2) is 59.0 Å². The summed E-state index contributed by atoms with van der Waals surface area (Å²) in [4.78, 5) is 0. The van der Waals surface area contributed by atoms with Gasteiger partial charge in [0.15, 0.2) is 0 Å². The van der Waals surface area contributed by atoms with E-state index in [2.05, 4.69) is 20.8 Å². The Morgan fingerprint density at radius 2 is 0.635 bits per heavy atom. The Hall–Kier alpha value is 0.604. The van der Waals surface area contributed by atoms with Gasteiger partial charge in [-0.15, -0.1) is 0 Å². The summed E-state index contributed by atoms with van der Waals surface area (Å²) in [5.41, 5.74) is 0. The molecular formula is C39H84O9S3Ti. The molecular weight excluding hydrogens is 756 g/mol. The molecule has 0 radical (unpaired) electrons. The van der Waals surface area contributed by atoms with Crippen molar-refractivity contribution in [1.82, 2.24) is 0 Å². The molecule has 2 unspecified atom stereocenters. The van der Waals surface area contributed by atoms with Crippen molar-refractivity contribution in [1.29, 1.82) is 0 Å². The summed E-state index contributed by atoms with van der Waals surface area (Å²) in [5, 5.41) is 8.06.